The van der Waals surface area contributed by atoms with Crippen molar-refractivity contribution >= 4 is 5.97 Å². The third-order valence-electron chi connectivity index (χ3n) is 1.52. The molecule has 2 saturated heterocycles. The van der Waals surface area contributed by atoms with Gasteiger partial charge in [-0.15, -0.1) is 0 Å². The number of aromatic carboxylic acids is 1. The molecule has 2 fully saturated rings. The van der Waals surface area contributed by atoms with Gasteiger partial charge in [0, 0.05) is 26.2 Å². The molecule has 0 aromatic heterocycles. The van der Waals surface area contributed by atoms with E-state index in [0.29, 0.717) is 5.56 Å². The van der Waals surface area contributed by atoms with Gasteiger partial charge < -0.3 is 15.7 Å². The third kappa shape index (κ3) is 8.93. The number of carboxylic acid groups (broad SMARTS) is 1. The minimum Gasteiger partial charge on any atom is -0.478 e. The summed E-state index contributed by atoms with van der Waals surface area (Å²) in [7, 11) is 0. The molecule has 0 atom stereocenters. The Labute approximate surface area is 89.3 Å². The van der Waals surface area contributed by atoms with Crippen LogP contribution in [0.5, 0.6) is 0 Å². The van der Waals surface area contributed by atoms with E-state index in [4.69, 9.17) is 5.11 Å². The normalized spacial score (nSPS) is 14.9. The highest BCUT2D eigenvalue weighted by molar-refractivity contribution is 5.87. The second-order valence-electron chi connectivity index (χ2n) is 3.17. The summed E-state index contributed by atoms with van der Waals surface area (Å²) in [6, 6.07) is 8.30. The van der Waals surface area contributed by atoms with Gasteiger partial charge in [-0.3, -0.25) is 0 Å². The van der Waals surface area contributed by atoms with Crippen LogP contribution in [0.25, 0.3) is 0 Å². The molecule has 3 N–H and O–H groups in total. The molecule has 1 aromatic rings. The van der Waals surface area contributed by atoms with E-state index in [1.165, 1.54) is 26.2 Å². The van der Waals surface area contributed by atoms with Crippen LogP contribution in [0.4, 0.5) is 0 Å². The van der Waals surface area contributed by atoms with Crippen LogP contribution < -0.4 is 10.6 Å². The highest BCUT2D eigenvalue weighted by Gasteiger charge is 1.96. The minimum absolute atomic E-state index is 0.331. The van der Waals surface area contributed by atoms with E-state index in [-0.39, 0.29) is 0 Å². The number of carbonyl (C=O) groups is 1. The molecule has 0 radical (unpaired) electrons. The Morgan fingerprint density at radius 1 is 1.00 bits per heavy atom. The van der Waals surface area contributed by atoms with Crippen LogP contribution in [0.2, 0.25) is 0 Å². The predicted molar refractivity (Wildman–Crippen MR) is 59.1 cm³/mol. The van der Waals surface area contributed by atoms with Crippen molar-refractivity contribution in [2.45, 2.75) is 0 Å². The zero-order valence-electron chi connectivity index (χ0n) is 8.57. The lowest BCUT2D eigenvalue weighted by Crippen LogP contribution is -1.93. The van der Waals surface area contributed by atoms with Crippen LogP contribution in [0.3, 0.4) is 0 Å². The zero-order chi connectivity index (χ0) is 10.9. The van der Waals surface area contributed by atoms with E-state index in [2.05, 4.69) is 10.6 Å². The Morgan fingerprint density at radius 2 is 1.40 bits per heavy atom. The summed E-state index contributed by atoms with van der Waals surface area (Å²) in [5, 5.41) is 14.4. The highest BCUT2D eigenvalue weighted by Crippen LogP contribution is 1.96. The molecule has 15 heavy (non-hydrogen) atoms. The molecule has 0 spiro atoms. The highest BCUT2D eigenvalue weighted by atomic mass is 16.4. The molecular weight excluding hydrogens is 192 g/mol. The number of rotatable bonds is 1. The molecular formula is C11H16N2O2. The zero-order valence-corrected chi connectivity index (χ0v) is 8.57. The van der Waals surface area contributed by atoms with Gasteiger partial charge in [0.25, 0.3) is 0 Å². The quantitative estimate of drug-likeness (QED) is 0.589. The smallest absolute Gasteiger partial charge is 0.335 e. The number of hydrogen-bond donors (Lipinski definition) is 3. The maximum Gasteiger partial charge on any atom is 0.335 e. The van der Waals surface area contributed by atoms with Gasteiger partial charge in [0.1, 0.15) is 0 Å². The number of hydrogen-bond acceptors (Lipinski definition) is 3. The maximum absolute atomic E-state index is 10.2. The van der Waals surface area contributed by atoms with E-state index < -0.39 is 5.97 Å². The van der Waals surface area contributed by atoms with Crippen molar-refractivity contribution < 1.29 is 9.90 Å². The van der Waals surface area contributed by atoms with Crippen LogP contribution in [0.15, 0.2) is 30.3 Å². The Balaban J connectivity index is 0.000000150. The molecule has 0 saturated carbocycles. The molecule has 0 amide bonds. The number of nitrogens with one attached hydrogen (secondary N) is 2. The lowest BCUT2D eigenvalue weighted by molar-refractivity contribution is 0.0697. The second kappa shape index (κ2) is 6.98. The molecule has 4 heteroatoms. The molecule has 0 bridgehead atoms. The summed E-state index contributed by atoms with van der Waals surface area (Å²) in [5.74, 6) is -0.879. The van der Waals surface area contributed by atoms with Crippen molar-refractivity contribution in [3.63, 3.8) is 0 Å². The van der Waals surface area contributed by atoms with Crippen LogP contribution in [0, 0.1) is 0 Å². The molecule has 2 aliphatic rings. The van der Waals surface area contributed by atoms with E-state index in [9.17, 15) is 4.79 Å². The summed E-state index contributed by atoms with van der Waals surface area (Å²) >= 11 is 0. The topological polar surface area (TPSA) is 81.2 Å². The van der Waals surface area contributed by atoms with Crippen molar-refractivity contribution in [1.29, 1.82) is 0 Å². The Bertz CT molecular complexity index is 272. The van der Waals surface area contributed by atoms with Crippen molar-refractivity contribution in [2.75, 3.05) is 26.2 Å². The van der Waals surface area contributed by atoms with E-state index >= 15 is 0 Å². The number of benzene rings is 1. The first-order valence-corrected chi connectivity index (χ1v) is 5.00. The molecule has 2 aliphatic heterocycles. The Hall–Kier alpha value is -1.39. The van der Waals surface area contributed by atoms with E-state index in [0.717, 1.165) is 0 Å². The van der Waals surface area contributed by atoms with Crippen LogP contribution >= 0.6 is 0 Å². The molecule has 3 rings (SSSR count). The van der Waals surface area contributed by atoms with Crippen molar-refractivity contribution in [3.8, 4) is 0 Å². The fraction of sp³-hybridized carbons (Fsp3) is 0.364. The lowest BCUT2D eigenvalue weighted by Gasteiger charge is -1.88. The molecule has 0 aliphatic carbocycles. The van der Waals surface area contributed by atoms with Crippen molar-refractivity contribution in [3.05, 3.63) is 35.9 Å². The maximum atomic E-state index is 10.2. The second-order valence-corrected chi connectivity index (χ2v) is 3.17. The van der Waals surface area contributed by atoms with Gasteiger partial charge in [0.05, 0.1) is 5.56 Å². The average Bonchev–Trinajstić information content (AvgIpc) is 3.13. The summed E-state index contributed by atoms with van der Waals surface area (Å²) in [6.07, 6.45) is 0. The first-order valence-electron chi connectivity index (χ1n) is 5.00. The molecule has 2 heterocycles. The van der Waals surface area contributed by atoms with E-state index in [1.807, 2.05) is 0 Å². The van der Waals surface area contributed by atoms with Crippen LogP contribution in [0.1, 0.15) is 10.4 Å². The lowest BCUT2D eigenvalue weighted by atomic mass is 10.2. The summed E-state index contributed by atoms with van der Waals surface area (Å²) in [4.78, 5) is 10.2. The molecule has 4 nitrogen and oxygen atoms in total. The summed E-state index contributed by atoms with van der Waals surface area (Å²) < 4.78 is 0. The monoisotopic (exact) mass is 208 g/mol. The first kappa shape index (κ1) is 11.7. The average molecular weight is 208 g/mol. The predicted octanol–water partition coefficient (Wildman–Crippen LogP) is 0.564. The first-order chi connectivity index (χ1) is 7.30. The Kier molecular flexibility index (Phi) is 5.43. The number of carboxylic acids is 1. The summed E-state index contributed by atoms with van der Waals surface area (Å²) in [5.41, 5.74) is 0.331. The van der Waals surface area contributed by atoms with Gasteiger partial charge >= 0.3 is 5.97 Å². The van der Waals surface area contributed by atoms with Gasteiger partial charge in [-0.1, -0.05) is 18.2 Å². The minimum atomic E-state index is -0.879. The fourth-order valence-electron chi connectivity index (χ4n) is 0.581. The van der Waals surface area contributed by atoms with Gasteiger partial charge in [0.15, 0.2) is 0 Å². The standard InChI is InChI=1S/C7H6O2.2C2H5N/c8-7(9)6-4-2-1-3-5-6;2*1-2-3-1/h1-5H,(H,8,9);2*3H,1-2H2. The summed E-state index contributed by atoms with van der Waals surface area (Å²) in [6.45, 7) is 5.00. The SMILES string of the molecule is C1CN1.C1CN1.O=C(O)c1ccccc1. The third-order valence-corrected chi connectivity index (χ3v) is 1.52. The van der Waals surface area contributed by atoms with Gasteiger partial charge in [-0.2, -0.15) is 0 Å². The van der Waals surface area contributed by atoms with Crippen LogP contribution in [-0.2, 0) is 0 Å². The van der Waals surface area contributed by atoms with Crippen molar-refractivity contribution in [1.82, 2.24) is 10.6 Å². The molecule has 1 aromatic carbocycles. The van der Waals surface area contributed by atoms with Gasteiger partial charge in [-0.25, -0.2) is 4.79 Å². The Morgan fingerprint density at radius 3 is 1.60 bits per heavy atom. The van der Waals surface area contributed by atoms with E-state index in [1.54, 1.807) is 30.3 Å². The largest absolute Gasteiger partial charge is 0.478 e. The molecule has 0 unspecified atom stereocenters. The van der Waals surface area contributed by atoms with Crippen LogP contribution in [-0.4, -0.2) is 37.3 Å². The van der Waals surface area contributed by atoms with Crippen molar-refractivity contribution in [2.24, 2.45) is 0 Å². The van der Waals surface area contributed by atoms with Gasteiger partial charge in [-0.05, 0) is 12.1 Å². The van der Waals surface area contributed by atoms with Gasteiger partial charge in [0.2, 0.25) is 0 Å². The molecule has 82 valence electrons. The fourth-order valence-corrected chi connectivity index (χ4v) is 0.581.